The fraction of sp³-hybridized carbons (Fsp3) is 0.455. The van der Waals surface area contributed by atoms with Gasteiger partial charge in [-0.3, -0.25) is 5.32 Å². The van der Waals surface area contributed by atoms with Crippen LogP contribution in [0.2, 0.25) is 0 Å². The molecule has 0 heterocycles. The zero-order valence-electron chi connectivity index (χ0n) is 28.9. The number of aryl methyl sites for hydroxylation is 2. The van der Waals surface area contributed by atoms with Crippen LogP contribution >= 0.6 is 0 Å². The first-order valence-electron chi connectivity index (χ1n) is 14.9. The number of nitrogens with one attached hydrogen (secondary N) is 4. The van der Waals surface area contributed by atoms with Crippen LogP contribution in [0.4, 0.5) is 25.8 Å². The van der Waals surface area contributed by atoms with Crippen LogP contribution in [0.1, 0.15) is 73.4 Å². The number of carbonyl (C=O) groups is 3. The van der Waals surface area contributed by atoms with E-state index in [1.165, 1.54) is 19.6 Å². The second kappa shape index (κ2) is 18.8. The van der Waals surface area contributed by atoms with Crippen molar-refractivity contribution in [1.29, 1.82) is 5.26 Å². The van der Waals surface area contributed by atoms with Gasteiger partial charge in [0, 0.05) is 7.05 Å². The third-order valence-corrected chi connectivity index (χ3v) is 5.13. The van der Waals surface area contributed by atoms with Crippen LogP contribution in [0.5, 0.6) is 0 Å². The van der Waals surface area contributed by atoms with Gasteiger partial charge in [0.05, 0.1) is 6.34 Å². The number of anilines is 1. The van der Waals surface area contributed by atoms with Gasteiger partial charge in [0.15, 0.2) is 0 Å². The van der Waals surface area contributed by atoms with Crippen molar-refractivity contribution in [3.8, 4) is 6.26 Å². The van der Waals surface area contributed by atoms with Gasteiger partial charge in [-0.2, -0.15) is 0 Å². The standard InChI is InChI=1S/C27H34BN5O5.C6H13NO2/c1-26(2,3)37-24(34)31-18-30-21-13-9-19(10-14-21)7-8-20-11-15-22(16-12-20)32-23(28-36-17-29)33-25(35)38-27(4,5)6;1-6(2,3)9-5(8)7-4/h9-16,18,32H,7-8H2,1-6H3,(H,33,35)(H,30,31,34);1-4H3,(H,7,8). The van der Waals surface area contributed by atoms with E-state index in [0.29, 0.717) is 11.4 Å². The Labute approximate surface area is 278 Å². The van der Waals surface area contributed by atoms with Crippen molar-refractivity contribution >= 4 is 48.8 Å². The molecule has 0 saturated heterocycles. The van der Waals surface area contributed by atoms with Gasteiger partial charge < -0.3 is 14.8 Å². The molecule has 0 radical (unpaired) electrons. The van der Waals surface area contributed by atoms with E-state index in [2.05, 4.69) is 30.9 Å². The Balaban J connectivity index is 0.00000107. The van der Waals surface area contributed by atoms with Gasteiger partial charge in [-0.25, -0.2) is 14.6 Å². The maximum Gasteiger partial charge on any atom is 0.407 e. The molecule has 0 aliphatic carbocycles. The summed E-state index contributed by atoms with van der Waals surface area (Å²) in [5.41, 5.74) is 2.22. The molecule has 2 aromatic rings. The van der Waals surface area contributed by atoms with Crippen molar-refractivity contribution in [1.82, 2.24) is 16.0 Å². The fourth-order valence-electron chi connectivity index (χ4n) is 3.33. The maximum absolute atomic E-state index is 12.1. The molecular formula is C33H47BN6O7. The van der Waals surface area contributed by atoms with Gasteiger partial charge in [-0.05, 0) is 41.5 Å². The Morgan fingerprint density at radius 2 is 1.23 bits per heavy atom. The SMILES string of the molecule is CC(C)(C)OC(=O)NC=Nc1ccc(CCc2ccc(NC(=BOC#N)NC(=O)OC(C)(C)C)cc2)cc1.CNC(=O)OC(C)(C)C. The van der Waals surface area contributed by atoms with Gasteiger partial charge >= 0.3 is 178 Å². The second-order valence-corrected chi connectivity index (χ2v) is 13.0. The van der Waals surface area contributed by atoms with Crippen molar-refractivity contribution in [2.45, 2.75) is 92.0 Å². The predicted octanol–water partition coefficient (Wildman–Crippen LogP) is 5.94. The molecule has 2 aromatic carbocycles. The van der Waals surface area contributed by atoms with Crippen molar-refractivity contribution in [3.63, 3.8) is 0 Å². The molecule has 0 unspecified atom stereocenters. The normalized spacial score (nSPS) is 11.5. The zero-order chi connectivity index (χ0) is 35.7. The third-order valence-electron chi connectivity index (χ3n) is 5.13. The summed E-state index contributed by atoms with van der Waals surface area (Å²) >= 11 is 0. The number of nitrogens with zero attached hydrogens (tertiary/aromatic N) is 2. The smallest absolute Gasteiger partial charge is 0.407 e. The van der Waals surface area contributed by atoms with Crippen LogP contribution in [0.3, 0.4) is 0 Å². The molecule has 0 saturated carbocycles. The average molecular weight is 651 g/mol. The van der Waals surface area contributed by atoms with Gasteiger partial charge in [-0.15, -0.1) is 0 Å². The number of aliphatic imine (C=N–C) groups is 1. The van der Waals surface area contributed by atoms with Crippen LogP contribution in [-0.2, 0) is 31.7 Å². The van der Waals surface area contributed by atoms with E-state index in [0.717, 1.165) is 31.1 Å². The molecule has 0 bridgehead atoms. The van der Waals surface area contributed by atoms with Crippen LogP contribution in [0, 0.1) is 11.5 Å². The largest absolute Gasteiger partial charge is 0.444 e. The van der Waals surface area contributed by atoms with Gasteiger partial charge in [0.1, 0.15) is 11.2 Å². The van der Waals surface area contributed by atoms with E-state index in [1.807, 2.05) is 69.3 Å². The molecule has 0 aromatic heterocycles. The van der Waals surface area contributed by atoms with Crippen molar-refractivity contribution in [3.05, 3.63) is 59.7 Å². The Hall–Kier alpha value is -5.06. The van der Waals surface area contributed by atoms with Crippen LogP contribution in [0.15, 0.2) is 53.5 Å². The number of hydrogen-bond donors (Lipinski definition) is 4. The Morgan fingerprint density at radius 1 is 0.766 bits per heavy atom. The summed E-state index contributed by atoms with van der Waals surface area (Å²) in [7, 11) is 2.63. The van der Waals surface area contributed by atoms with E-state index in [-0.39, 0.29) is 17.4 Å². The molecule has 0 atom stereocenters. The summed E-state index contributed by atoms with van der Waals surface area (Å²) in [6.07, 6.45) is 2.88. The summed E-state index contributed by atoms with van der Waals surface area (Å²) in [5, 5.41) is 19.1. The number of amides is 3. The number of benzene rings is 2. The minimum absolute atomic E-state index is 0.164. The quantitative estimate of drug-likeness (QED) is 0.0843. The third kappa shape index (κ3) is 20.6. The zero-order valence-corrected chi connectivity index (χ0v) is 28.9. The van der Waals surface area contributed by atoms with Crippen molar-refractivity contribution in [2.75, 3.05) is 12.4 Å². The molecule has 14 heteroatoms. The van der Waals surface area contributed by atoms with Crippen LogP contribution in [-0.4, -0.2) is 61.3 Å². The molecule has 0 aliphatic heterocycles. The van der Waals surface area contributed by atoms with Crippen LogP contribution < -0.4 is 21.3 Å². The van der Waals surface area contributed by atoms with Gasteiger partial charge in [0.2, 0.25) is 0 Å². The summed E-state index contributed by atoms with van der Waals surface area (Å²) < 4.78 is 19.9. The number of ether oxygens (including phenoxy) is 3. The molecule has 0 spiro atoms. The van der Waals surface area contributed by atoms with E-state index < -0.39 is 23.4 Å². The Bertz CT molecular complexity index is 1400. The minimum Gasteiger partial charge on any atom is -0.444 e. The topological polar surface area (TPSA) is 172 Å². The first kappa shape index (κ1) is 40.0. The molecule has 47 heavy (non-hydrogen) atoms. The fourth-order valence-corrected chi connectivity index (χ4v) is 3.33. The van der Waals surface area contributed by atoms with E-state index in [4.69, 9.17) is 19.5 Å². The minimum atomic E-state index is -0.676. The number of alkyl carbamates (subject to hydrolysis) is 3. The Morgan fingerprint density at radius 3 is 1.68 bits per heavy atom. The molecule has 13 nitrogen and oxygen atoms in total. The average Bonchev–Trinajstić information content (AvgIpc) is 2.93. The van der Waals surface area contributed by atoms with Crippen LogP contribution in [0.25, 0.3) is 0 Å². The molecule has 4 N–H and O–H groups in total. The Kier molecular flexibility index (Phi) is 16.0. The molecule has 254 valence electrons. The van der Waals surface area contributed by atoms with E-state index >= 15 is 0 Å². The number of carbonyl (C=O) groups excluding carboxylic acids is 3. The van der Waals surface area contributed by atoms with E-state index in [9.17, 15) is 14.4 Å². The number of hydrogen-bond acceptors (Lipinski definition) is 10. The van der Waals surface area contributed by atoms with Crippen molar-refractivity contribution < 1.29 is 33.2 Å². The summed E-state index contributed by atoms with van der Waals surface area (Å²) in [4.78, 5) is 38.4. The van der Waals surface area contributed by atoms with E-state index in [1.54, 1.807) is 41.5 Å². The number of rotatable bonds is 9. The van der Waals surface area contributed by atoms with Crippen molar-refractivity contribution in [2.24, 2.45) is 4.99 Å². The molecule has 0 fully saturated rings. The second-order valence-electron chi connectivity index (χ2n) is 13.0. The molecule has 2 rings (SSSR count). The first-order chi connectivity index (χ1) is 21.8. The molecule has 0 aliphatic rings. The maximum atomic E-state index is 12.1. The summed E-state index contributed by atoms with van der Waals surface area (Å²) in [6, 6.07) is 15.4. The molecular weight excluding hydrogens is 603 g/mol. The summed E-state index contributed by atoms with van der Waals surface area (Å²) in [5.74, 6) is 0. The summed E-state index contributed by atoms with van der Waals surface area (Å²) in [6.45, 7) is 16.1. The monoisotopic (exact) mass is 650 g/mol. The number of nitriles is 1. The predicted molar refractivity (Wildman–Crippen MR) is 184 cm³/mol. The molecule has 3 amide bonds. The first-order valence-corrected chi connectivity index (χ1v) is 14.9. The van der Waals surface area contributed by atoms with Gasteiger partial charge in [0.25, 0.3) is 0 Å². The van der Waals surface area contributed by atoms with Gasteiger partial charge in [-0.1, -0.05) is 0 Å².